The van der Waals surface area contributed by atoms with E-state index in [0.717, 1.165) is 21.7 Å². The van der Waals surface area contributed by atoms with Crippen molar-refractivity contribution in [2.45, 2.75) is 0 Å². The number of nitrogens with zero attached hydrogens (tertiary/aromatic N) is 1. The van der Waals surface area contributed by atoms with Gasteiger partial charge in [-0.05, 0) is 35.4 Å². The fourth-order valence-electron chi connectivity index (χ4n) is 2.37. The molecule has 0 unspecified atom stereocenters. The molecule has 23 heavy (non-hydrogen) atoms. The van der Waals surface area contributed by atoms with Crippen LogP contribution in [0.4, 0.5) is 0 Å². The van der Waals surface area contributed by atoms with Gasteiger partial charge in [0.1, 0.15) is 5.01 Å². The van der Waals surface area contributed by atoms with Crippen LogP contribution in [0, 0.1) is 6.07 Å². The van der Waals surface area contributed by atoms with Gasteiger partial charge in [0.2, 0.25) is 5.75 Å². The van der Waals surface area contributed by atoms with Gasteiger partial charge in [0, 0.05) is 17.1 Å². The average Bonchev–Trinajstić information content (AvgIpc) is 3.15. The summed E-state index contributed by atoms with van der Waals surface area (Å²) in [5.41, 5.74) is 2.98. The van der Waals surface area contributed by atoms with E-state index in [1.165, 1.54) is 0 Å². The van der Waals surface area contributed by atoms with Crippen LogP contribution in [0.2, 0.25) is 0 Å². The van der Waals surface area contributed by atoms with Crippen molar-refractivity contribution in [1.29, 1.82) is 0 Å². The van der Waals surface area contributed by atoms with Crippen molar-refractivity contribution < 1.29 is 14.2 Å². The second-order valence-corrected chi connectivity index (χ2v) is 5.64. The highest BCUT2D eigenvalue weighted by Gasteiger charge is 2.14. The molecule has 3 rings (SSSR count). The molecule has 2 aromatic carbocycles. The van der Waals surface area contributed by atoms with Gasteiger partial charge in [-0.2, -0.15) is 0 Å². The predicted octanol–water partition coefficient (Wildman–Crippen LogP) is 4.30. The zero-order chi connectivity index (χ0) is 16.2. The highest BCUT2D eigenvalue weighted by atomic mass is 32.1. The molecule has 1 heterocycles. The largest absolute Gasteiger partial charge is 0.493 e. The van der Waals surface area contributed by atoms with Crippen molar-refractivity contribution in [3.05, 3.63) is 48.0 Å². The van der Waals surface area contributed by atoms with Crippen molar-refractivity contribution in [3.8, 4) is 38.9 Å². The molecule has 1 aromatic heterocycles. The Morgan fingerprint density at radius 3 is 2.26 bits per heavy atom. The Bertz CT molecular complexity index is 775. The molecule has 0 N–H and O–H groups in total. The molecule has 0 aliphatic carbocycles. The second kappa shape index (κ2) is 6.71. The summed E-state index contributed by atoms with van der Waals surface area (Å²) in [7, 11) is 4.82. The van der Waals surface area contributed by atoms with Crippen molar-refractivity contribution in [2.24, 2.45) is 0 Å². The first-order valence-corrected chi connectivity index (χ1v) is 7.86. The van der Waals surface area contributed by atoms with E-state index in [4.69, 9.17) is 14.2 Å². The maximum atomic E-state index is 5.42. The van der Waals surface area contributed by atoms with Gasteiger partial charge < -0.3 is 14.2 Å². The van der Waals surface area contributed by atoms with E-state index in [0.29, 0.717) is 17.2 Å². The molecule has 0 bridgehead atoms. The minimum atomic E-state index is 0.585. The molecule has 0 saturated heterocycles. The van der Waals surface area contributed by atoms with Crippen LogP contribution < -0.4 is 14.2 Å². The zero-order valence-corrected chi connectivity index (χ0v) is 13.9. The van der Waals surface area contributed by atoms with Crippen LogP contribution >= 0.6 is 11.3 Å². The summed E-state index contributed by atoms with van der Waals surface area (Å²) in [5, 5.41) is 2.90. The third-order valence-corrected chi connectivity index (χ3v) is 4.27. The number of benzene rings is 2. The monoisotopic (exact) mass is 326 g/mol. The van der Waals surface area contributed by atoms with Gasteiger partial charge in [-0.1, -0.05) is 12.1 Å². The number of methoxy groups -OCH3 is 3. The van der Waals surface area contributed by atoms with Gasteiger partial charge >= 0.3 is 0 Å². The van der Waals surface area contributed by atoms with Crippen LogP contribution in [0.1, 0.15) is 0 Å². The Labute approximate surface area is 139 Å². The summed E-state index contributed by atoms with van der Waals surface area (Å²) < 4.78 is 16.2. The summed E-state index contributed by atoms with van der Waals surface area (Å²) in [6.07, 6.45) is 1.79. The third-order valence-electron chi connectivity index (χ3n) is 3.46. The Kier molecular flexibility index (Phi) is 4.48. The summed E-state index contributed by atoms with van der Waals surface area (Å²) in [6, 6.07) is 13.0. The maximum Gasteiger partial charge on any atom is 0.203 e. The highest BCUT2D eigenvalue weighted by Crippen LogP contribution is 2.41. The molecule has 0 spiro atoms. The number of ether oxygens (including phenoxy) is 3. The molecular weight excluding hydrogens is 310 g/mol. The van der Waals surface area contributed by atoms with E-state index >= 15 is 0 Å². The van der Waals surface area contributed by atoms with E-state index in [9.17, 15) is 0 Å². The first-order chi connectivity index (χ1) is 11.3. The van der Waals surface area contributed by atoms with E-state index in [1.807, 2.05) is 29.6 Å². The molecule has 1 radical (unpaired) electrons. The summed E-state index contributed by atoms with van der Waals surface area (Å²) in [5.74, 6) is 1.84. The van der Waals surface area contributed by atoms with Crippen molar-refractivity contribution in [3.63, 3.8) is 0 Å². The molecule has 0 atom stereocenters. The molecule has 5 heteroatoms. The number of thiazole rings is 1. The smallest absolute Gasteiger partial charge is 0.203 e. The average molecular weight is 326 g/mol. The van der Waals surface area contributed by atoms with Gasteiger partial charge in [-0.3, -0.25) is 0 Å². The molecule has 0 saturated carbocycles. The molecule has 0 aliphatic heterocycles. The maximum absolute atomic E-state index is 5.42. The minimum absolute atomic E-state index is 0.585. The Morgan fingerprint density at radius 1 is 0.957 bits per heavy atom. The van der Waals surface area contributed by atoms with E-state index in [-0.39, 0.29) is 0 Å². The number of hydrogen-bond acceptors (Lipinski definition) is 5. The van der Waals surface area contributed by atoms with Gasteiger partial charge in [-0.25, -0.2) is 4.98 Å². The minimum Gasteiger partial charge on any atom is -0.493 e. The topological polar surface area (TPSA) is 40.6 Å². The van der Waals surface area contributed by atoms with E-state index in [1.54, 1.807) is 38.9 Å². The first-order valence-electron chi connectivity index (χ1n) is 6.98. The van der Waals surface area contributed by atoms with Crippen LogP contribution in [0.3, 0.4) is 0 Å². The lowest BCUT2D eigenvalue weighted by Gasteiger charge is -2.14. The summed E-state index contributed by atoms with van der Waals surface area (Å²) in [4.78, 5) is 4.33. The third kappa shape index (κ3) is 3.00. The van der Waals surface area contributed by atoms with Crippen LogP contribution in [0.15, 0.2) is 41.9 Å². The van der Waals surface area contributed by atoms with E-state index < -0.39 is 0 Å². The van der Waals surface area contributed by atoms with Gasteiger partial charge in [-0.15, -0.1) is 11.3 Å². The lowest BCUT2D eigenvalue weighted by molar-refractivity contribution is 0.324. The van der Waals surface area contributed by atoms with Crippen LogP contribution in [0.5, 0.6) is 17.2 Å². The van der Waals surface area contributed by atoms with E-state index in [2.05, 4.69) is 17.1 Å². The van der Waals surface area contributed by atoms with Crippen molar-refractivity contribution in [1.82, 2.24) is 4.98 Å². The number of hydrogen-bond donors (Lipinski definition) is 0. The van der Waals surface area contributed by atoms with Crippen LogP contribution in [-0.4, -0.2) is 26.3 Å². The SMILES string of the molecule is COc1cc(-c2cc[c]c(-c3nccs3)c2)cc(OC)c1OC. The van der Waals surface area contributed by atoms with Gasteiger partial charge in [0.15, 0.2) is 11.5 Å². The fourth-order valence-corrected chi connectivity index (χ4v) is 2.99. The predicted molar refractivity (Wildman–Crippen MR) is 91.5 cm³/mol. The summed E-state index contributed by atoms with van der Waals surface area (Å²) >= 11 is 1.59. The lowest BCUT2D eigenvalue weighted by Crippen LogP contribution is -1.95. The fraction of sp³-hybridized carbons (Fsp3) is 0.167. The normalized spacial score (nSPS) is 10.4. The molecule has 3 aromatic rings. The van der Waals surface area contributed by atoms with Crippen molar-refractivity contribution >= 4 is 11.3 Å². The van der Waals surface area contributed by atoms with Crippen molar-refractivity contribution in [2.75, 3.05) is 21.3 Å². The number of rotatable bonds is 5. The molecule has 0 aliphatic rings. The molecule has 0 fully saturated rings. The van der Waals surface area contributed by atoms with Crippen LogP contribution in [0.25, 0.3) is 21.7 Å². The quantitative estimate of drug-likeness (QED) is 0.701. The Hall–Kier alpha value is -2.53. The molecule has 0 amide bonds. The second-order valence-electron chi connectivity index (χ2n) is 4.74. The zero-order valence-electron chi connectivity index (χ0n) is 13.1. The highest BCUT2D eigenvalue weighted by molar-refractivity contribution is 7.13. The number of aromatic nitrogens is 1. The lowest BCUT2D eigenvalue weighted by atomic mass is 10.0. The first kappa shape index (κ1) is 15.4. The molecular formula is C18H16NO3S. The molecule has 117 valence electrons. The Balaban J connectivity index is 2.10. The van der Waals surface area contributed by atoms with Gasteiger partial charge in [0.05, 0.1) is 21.3 Å². The van der Waals surface area contributed by atoms with Gasteiger partial charge in [0.25, 0.3) is 0 Å². The van der Waals surface area contributed by atoms with Crippen LogP contribution in [-0.2, 0) is 0 Å². The summed E-state index contributed by atoms with van der Waals surface area (Å²) in [6.45, 7) is 0. The Morgan fingerprint density at radius 2 is 1.70 bits per heavy atom. The molecule has 4 nitrogen and oxygen atoms in total. The standard InChI is InChI=1S/C18H16NO3S/c1-20-15-10-14(11-16(21-2)17(15)22-3)12-5-4-6-13(9-12)18-19-7-8-23-18/h4-5,7-11H,1-3H3.